The van der Waals surface area contributed by atoms with Crippen LogP contribution in [0.25, 0.3) is 0 Å². The van der Waals surface area contributed by atoms with Crippen molar-refractivity contribution in [2.75, 3.05) is 0 Å². The number of alkyl halides is 3. The molecule has 4 atom stereocenters. The van der Waals surface area contributed by atoms with E-state index < -0.39 is 45.9 Å². The molecule has 0 saturated carbocycles. The predicted octanol–water partition coefficient (Wildman–Crippen LogP) is 4.51. The molecule has 0 radical (unpaired) electrons. The summed E-state index contributed by atoms with van der Waals surface area (Å²) in [4.78, 5) is 12.4. The average molecular weight is 388 g/mol. The number of esters is 1. The molecule has 8 heteroatoms. The molecule has 0 amide bonds. The van der Waals surface area contributed by atoms with E-state index in [2.05, 4.69) is 4.72 Å². The third-order valence-electron chi connectivity index (χ3n) is 3.86. The van der Waals surface area contributed by atoms with Crippen LogP contribution >= 0.6 is 0 Å². The maximum atomic E-state index is 13.6. The Labute approximate surface area is 151 Å². The monoisotopic (exact) mass is 387 g/mol. The van der Waals surface area contributed by atoms with Crippen molar-refractivity contribution in [3.8, 4) is 0 Å². The Morgan fingerprint density at radius 1 is 1.16 bits per heavy atom. The topological polar surface area (TPSA) is 55.4 Å². The lowest BCUT2D eigenvalue weighted by Gasteiger charge is -2.31. The summed E-state index contributed by atoms with van der Waals surface area (Å²) in [6.45, 7) is 10.1. The average Bonchev–Trinajstić information content (AvgIpc) is 2.47. The van der Waals surface area contributed by atoms with Crippen LogP contribution in [0, 0.1) is 5.92 Å². The lowest BCUT2D eigenvalue weighted by molar-refractivity contribution is -0.182. The molecule has 0 saturated heterocycles. The van der Waals surface area contributed by atoms with Crippen LogP contribution in [0.2, 0.25) is 0 Å². The van der Waals surface area contributed by atoms with Crippen molar-refractivity contribution in [2.24, 2.45) is 5.92 Å². The summed E-state index contributed by atoms with van der Waals surface area (Å²) in [5.74, 6) is -2.29. The van der Waals surface area contributed by atoms with Crippen molar-refractivity contribution < 1.29 is 26.9 Å². The van der Waals surface area contributed by atoms with Gasteiger partial charge < -0.3 is 4.74 Å². The van der Waals surface area contributed by atoms with E-state index in [4.69, 9.17) is 4.74 Å². The first-order valence-electron chi connectivity index (χ1n) is 8.79. The van der Waals surface area contributed by atoms with Gasteiger partial charge in [-0.05, 0) is 40.5 Å². The van der Waals surface area contributed by atoms with Crippen molar-refractivity contribution in [1.29, 1.82) is 0 Å². The van der Waals surface area contributed by atoms with Gasteiger partial charge in [-0.15, -0.1) is 0 Å². The van der Waals surface area contributed by atoms with E-state index >= 15 is 0 Å². The van der Waals surface area contributed by atoms with Crippen molar-refractivity contribution >= 4 is 17.0 Å². The zero-order valence-corrected chi connectivity index (χ0v) is 16.9. The van der Waals surface area contributed by atoms with Crippen LogP contribution in [0.15, 0.2) is 0 Å². The second kappa shape index (κ2) is 10.5. The highest BCUT2D eigenvalue weighted by Crippen LogP contribution is 2.31. The molecule has 1 N–H and O–H groups in total. The highest BCUT2D eigenvalue weighted by atomic mass is 32.2. The van der Waals surface area contributed by atoms with Crippen molar-refractivity contribution in [3.63, 3.8) is 0 Å². The molecular weight excluding hydrogens is 355 g/mol. The smallest absolute Gasteiger partial charge is 0.405 e. The molecule has 25 heavy (non-hydrogen) atoms. The molecule has 0 aliphatic heterocycles. The normalized spacial score (nSPS) is 17.6. The van der Waals surface area contributed by atoms with Gasteiger partial charge in [0, 0.05) is 0 Å². The van der Waals surface area contributed by atoms with Crippen LogP contribution in [-0.4, -0.2) is 33.2 Å². The number of carbonyl (C=O) groups is 1. The van der Waals surface area contributed by atoms with Crippen molar-refractivity contribution in [1.82, 2.24) is 4.72 Å². The summed E-state index contributed by atoms with van der Waals surface area (Å²) in [7, 11) is -1.95. The minimum absolute atomic E-state index is 0.0433. The molecule has 0 aromatic heterocycles. The molecule has 0 spiro atoms. The fourth-order valence-corrected chi connectivity index (χ4v) is 2.96. The SMILES string of the molecule is CCCCC[C@H](C(=O)OC(C)CC)[C@H](N[S@@](=O)C(C)(C)C)C(F)(F)F. The number of rotatable bonds is 10. The molecule has 0 aromatic rings. The summed E-state index contributed by atoms with van der Waals surface area (Å²) < 4.78 is 59.4. The summed E-state index contributed by atoms with van der Waals surface area (Å²) in [5.41, 5.74) is 0. The van der Waals surface area contributed by atoms with E-state index in [1.165, 1.54) is 0 Å². The lowest BCUT2D eigenvalue weighted by atomic mass is 9.93. The van der Waals surface area contributed by atoms with Crippen LogP contribution in [0.3, 0.4) is 0 Å². The number of hydrogen-bond acceptors (Lipinski definition) is 3. The van der Waals surface area contributed by atoms with Gasteiger partial charge in [-0.3, -0.25) is 4.79 Å². The molecule has 0 aliphatic rings. The first-order valence-corrected chi connectivity index (χ1v) is 9.94. The Hall–Kier alpha value is -0.630. The van der Waals surface area contributed by atoms with E-state index in [0.717, 1.165) is 12.8 Å². The highest BCUT2D eigenvalue weighted by molar-refractivity contribution is 7.84. The maximum absolute atomic E-state index is 13.6. The predicted molar refractivity (Wildman–Crippen MR) is 94.4 cm³/mol. The summed E-state index contributed by atoms with van der Waals surface area (Å²) in [5, 5.41) is 0. The molecule has 0 fully saturated rings. The number of nitrogens with one attached hydrogen (secondary N) is 1. The molecule has 0 rings (SSSR count). The van der Waals surface area contributed by atoms with Gasteiger partial charge in [0.25, 0.3) is 0 Å². The first kappa shape index (κ1) is 24.4. The van der Waals surface area contributed by atoms with Gasteiger partial charge in [-0.1, -0.05) is 33.1 Å². The van der Waals surface area contributed by atoms with Gasteiger partial charge in [-0.25, -0.2) is 8.93 Å². The van der Waals surface area contributed by atoms with E-state index in [0.29, 0.717) is 12.8 Å². The molecule has 0 aliphatic carbocycles. The first-order chi connectivity index (χ1) is 11.3. The maximum Gasteiger partial charge on any atom is 0.405 e. The van der Waals surface area contributed by atoms with Gasteiger partial charge in [0.1, 0.15) is 6.04 Å². The fourth-order valence-electron chi connectivity index (χ4n) is 2.07. The molecule has 150 valence electrons. The second-order valence-electron chi connectivity index (χ2n) is 7.28. The molecule has 0 aromatic carbocycles. The van der Waals surface area contributed by atoms with Gasteiger partial charge in [0.2, 0.25) is 0 Å². The number of hydrogen-bond donors (Lipinski definition) is 1. The summed E-state index contributed by atoms with van der Waals surface area (Å²) in [6.07, 6.45) is -2.57. The van der Waals surface area contributed by atoms with E-state index in [9.17, 15) is 22.2 Å². The molecular formula is C17H32F3NO3S. The summed E-state index contributed by atoms with van der Waals surface area (Å²) in [6, 6.07) is -2.19. The quantitative estimate of drug-likeness (QED) is 0.443. The lowest BCUT2D eigenvalue weighted by Crippen LogP contribution is -2.54. The largest absolute Gasteiger partial charge is 0.462 e. The number of unbranched alkanes of at least 4 members (excludes halogenated alkanes) is 2. The highest BCUT2D eigenvalue weighted by Gasteiger charge is 2.49. The zero-order valence-electron chi connectivity index (χ0n) is 16.0. The Morgan fingerprint density at radius 3 is 2.12 bits per heavy atom. The van der Waals surface area contributed by atoms with E-state index in [1.807, 2.05) is 6.92 Å². The molecule has 0 bridgehead atoms. The van der Waals surface area contributed by atoms with E-state index in [1.54, 1.807) is 34.6 Å². The molecule has 0 heterocycles. The van der Waals surface area contributed by atoms with Crippen LogP contribution in [0.4, 0.5) is 13.2 Å². The minimum Gasteiger partial charge on any atom is -0.462 e. The van der Waals surface area contributed by atoms with Crippen LogP contribution in [0.1, 0.15) is 73.6 Å². The summed E-state index contributed by atoms with van der Waals surface area (Å²) >= 11 is 0. The zero-order chi connectivity index (χ0) is 19.8. The molecule has 1 unspecified atom stereocenters. The van der Waals surface area contributed by atoms with Gasteiger partial charge in [0.05, 0.1) is 27.8 Å². The van der Waals surface area contributed by atoms with Crippen molar-refractivity contribution in [3.05, 3.63) is 0 Å². The number of halogens is 3. The number of carbonyl (C=O) groups excluding carboxylic acids is 1. The van der Waals surface area contributed by atoms with Gasteiger partial charge in [-0.2, -0.15) is 13.2 Å². The van der Waals surface area contributed by atoms with Gasteiger partial charge >= 0.3 is 12.1 Å². The van der Waals surface area contributed by atoms with Gasteiger partial charge in [0.15, 0.2) is 0 Å². The van der Waals surface area contributed by atoms with Crippen LogP contribution < -0.4 is 4.72 Å². The standard InChI is InChI=1S/C17H32F3NO3S/c1-7-9-10-11-13(15(22)24-12(3)8-2)14(17(18,19)20)21-25(23)16(4,5)6/h12-14,21H,7-11H2,1-6H3/t12?,13-,14-,25-/m0/s1. The Kier molecular flexibility index (Phi) is 10.2. The Balaban J connectivity index is 5.50. The third kappa shape index (κ3) is 9.03. The van der Waals surface area contributed by atoms with Crippen LogP contribution in [-0.2, 0) is 20.5 Å². The Morgan fingerprint density at radius 2 is 1.72 bits per heavy atom. The number of ether oxygens (including phenoxy) is 1. The minimum atomic E-state index is -4.70. The molecule has 4 nitrogen and oxygen atoms in total. The third-order valence-corrected chi connectivity index (χ3v) is 5.44. The van der Waals surface area contributed by atoms with E-state index in [-0.39, 0.29) is 6.42 Å². The second-order valence-corrected chi connectivity index (χ2v) is 9.27. The van der Waals surface area contributed by atoms with Crippen molar-refractivity contribution in [2.45, 2.75) is 96.7 Å². The fraction of sp³-hybridized carbons (Fsp3) is 0.941. The van der Waals surface area contributed by atoms with Crippen LogP contribution in [0.5, 0.6) is 0 Å². The Bertz CT molecular complexity index is 436.